The zero-order chi connectivity index (χ0) is 17.5. The third kappa shape index (κ3) is 5.12. The molecule has 0 radical (unpaired) electrons. The molecule has 0 bridgehead atoms. The van der Waals surface area contributed by atoms with E-state index in [1.165, 1.54) is 0 Å². The van der Waals surface area contributed by atoms with Crippen LogP contribution < -0.4 is 14.8 Å². The Bertz CT molecular complexity index is 690. The zero-order valence-electron chi connectivity index (χ0n) is 14.0. The molecule has 1 N–H and O–H groups in total. The van der Waals surface area contributed by atoms with Gasteiger partial charge in [-0.3, -0.25) is 4.79 Å². The first kappa shape index (κ1) is 17.5. The summed E-state index contributed by atoms with van der Waals surface area (Å²) in [5, 5.41) is 2.80. The monoisotopic (exact) mass is 327 g/mol. The van der Waals surface area contributed by atoms with Crippen LogP contribution in [0.3, 0.4) is 0 Å². The molecule has 1 amide bonds. The summed E-state index contributed by atoms with van der Waals surface area (Å²) in [6.07, 6.45) is 0.466. The highest BCUT2D eigenvalue weighted by atomic mass is 16.5. The first-order valence-corrected chi connectivity index (χ1v) is 7.74. The number of hydrogen-bond acceptors (Lipinski definition) is 4. The number of anilines is 1. The molecule has 126 valence electrons. The van der Waals surface area contributed by atoms with E-state index < -0.39 is 5.97 Å². The summed E-state index contributed by atoms with van der Waals surface area (Å²) >= 11 is 0. The standard InChI is InChI=1S/C19H21NO4/c1-13(2)12-18(21)20-15-6-10-17(11-7-15)24-19(22)14-4-8-16(23-3)9-5-14/h4-11,13H,12H2,1-3H3,(H,20,21). The van der Waals surface area contributed by atoms with Gasteiger partial charge < -0.3 is 14.8 Å². The number of nitrogens with one attached hydrogen (secondary N) is 1. The van der Waals surface area contributed by atoms with Crippen LogP contribution in [-0.4, -0.2) is 19.0 Å². The number of amides is 1. The molecule has 2 aromatic rings. The summed E-state index contributed by atoms with van der Waals surface area (Å²) in [5.74, 6) is 0.905. The summed E-state index contributed by atoms with van der Waals surface area (Å²) in [7, 11) is 1.56. The van der Waals surface area contributed by atoms with Gasteiger partial charge in [-0.1, -0.05) is 13.8 Å². The van der Waals surface area contributed by atoms with E-state index in [4.69, 9.17) is 9.47 Å². The van der Waals surface area contributed by atoms with Gasteiger partial charge in [0.05, 0.1) is 12.7 Å². The number of carbonyl (C=O) groups is 2. The molecule has 5 heteroatoms. The smallest absolute Gasteiger partial charge is 0.343 e. The number of carbonyl (C=O) groups excluding carboxylic acids is 2. The highest BCUT2D eigenvalue weighted by Crippen LogP contribution is 2.18. The van der Waals surface area contributed by atoms with Crippen molar-refractivity contribution in [1.82, 2.24) is 0 Å². The van der Waals surface area contributed by atoms with Gasteiger partial charge in [0.1, 0.15) is 11.5 Å². The topological polar surface area (TPSA) is 64.6 Å². The number of ether oxygens (including phenoxy) is 2. The molecular formula is C19H21NO4. The Kier molecular flexibility index (Phi) is 5.95. The lowest BCUT2D eigenvalue weighted by molar-refractivity contribution is -0.116. The van der Waals surface area contributed by atoms with Crippen LogP contribution in [0.2, 0.25) is 0 Å². The molecule has 0 saturated carbocycles. The summed E-state index contributed by atoms with van der Waals surface area (Å²) < 4.78 is 10.4. The molecule has 0 fully saturated rings. The molecule has 0 aliphatic carbocycles. The lowest BCUT2D eigenvalue weighted by Gasteiger charge is -2.09. The van der Waals surface area contributed by atoms with Crippen LogP contribution in [0.1, 0.15) is 30.6 Å². The van der Waals surface area contributed by atoms with Gasteiger partial charge in [0.2, 0.25) is 5.91 Å². The maximum atomic E-state index is 12.1. The molecule has 0 aliphatic rings. The van der Waals surface area contributed by atoms with Crippen molar-refractivity contribution in [3.8, 4) is 11.5 Å². The lowest BCUT2D eigenvalue weighted by Crippen LogP contribution is -2.13. The van der Waals surface area contributed by atoms with E-state index in [-0.39, 0.29) is 5.91 Å². The van der Waals surface area contributed by atoms with Gasteiger partial charge in [-0.2, -0.15) is 0 Å². The van der Waals surface area contributed by atoms with Gasteiger partial charge in [0, 0.05) is 12.1 Å². The highest BCUT2D eigenvalue weighted by Gasteiger charge is 2.09. The molecule has 0 spiro atoms. The van der Waals surface area contributed by atoms with Crippen LogP contribution in [0, 0.1) is 5.92 Å². The van der Waals surface area contributed by atoms with Crippen LogP contribution in [0.5, 0.6) is 11.5 Å². The Morgan fingerprint density at radius 3 is 2.08 bits per heavy atom. The van der Waals surface area contributed by atoms with E-state index in [2.05, 4.69) is 5.32 Å². The van der Waals surface area contributed by atoms with Crippen molar-refractivity contribution in [2.75, 3.05) is 12.4 Å². The summed E-state index contributed by atoms with van der Waals surface area (Å²) in [5.41, 5.74) is 1.11. The van der Waals surface area contributed by atoms with Crippen LogP contribution >= 0.6 is 0 Å². The molecule has 0 saturated heterocycles. The van der Waals surface area contributed by atoms with Gasteiger partial charge in [0.15, 0.2) is 0 Å². The molecule has 0 heterocycles. The molecule has 0 aromatic heterocycles. The van der Waals surface area contributed by atoms with Crippen molar-refractivity contribution in [1.29, 1.82) is 0 Å². The third-order valence-electron chi connectivity index (χ3n) is 3.27. The number of esters is 1. The van der Waals surface area contributed by atoms with Gasteiger partial charge in [-0.05, 0) is 54.4 Å². The zero-order valence-corrected chi connectivity index (χ0v) is 14.0. The fraction of sp³-hybridized carbons (Fsp3) is 0.263. The molecular weight excluding hydrogens is 306 g/mol. The number of benzene rings is 2. The molecule has 24 heavy (non-hydrogen) atoms. The Hall–Kier alpha value is -2.82. The van der Waals surface area contributed by atoms with E-state index >= 15 is 0 Å². The minimum atomic E-state index is -0.450. The number of hydrogen-bond donors (Lipinski definition) is 1. The Balaban J connectivity index is 1.95. The maximum Gasteiger partial charge on any atom is 0.343 e. The van der Waals surface area contributed by atoms with Crippen molar-refractivity contribution < 1.29 is 19.1 Å². The summed E-state index contributed by atoms with van der Waals surface area (Å²) in [4.78, 5) is 23.8. The van der Waals surface area contributed by atoms with E-state index in [9.17, 15) is 9.59 Å². The second-order valence-electron chi connectivity index (χ2n) is 5.79. The van der Waals surface area contributed by atoms with E-state index in [1.54, 1.807) is 55.6 Å². The summed E-state index contributed by atoms with van der Waals surface area (Å²) in [6, 6.07) is 13.4. The average molecular weight is 327 g/mol. The second kappa shape index (κ2) is 8.15. The van der Waals surface area contributed by atoms with E-state index in [1.807, 2.05) is 13.8 Å². The number of methoxy groups -OCH3 is 1. The predicted octanol–water partition coefficient (Wildman–Crippen LogP) is 3.90. The van der Waals surface area contributed by atoms with Crippen LogP contribution in [0.15, 0.2) is 48.5 Å². The van der Waals surface area contributed by atoms with Crippen molar-refractivity contribution in [2.45, 2.75) is 20.3 Å². The second-order valence-corrected chi connectivity index (χ2v) is 5.79. The Morgan fingerprint density at radius 1 is 0.958 bits per heavy atom. The first-order valence-electron chi connectivity index (χ1n) is 7.74. The largest absolute Gasteiger partial charge is 0.497 e. The molecule has 0 aliphatic heterocycles. The van der Waals surface area contributed by atoms with Crippen LogP contribution in [0.25, 0.3) is 0 Å². The van der Waals surface area contributed by atoms with Gasteiger partial charge >= 0.3 is 5.97 Å². The van der Waals surface area contributed by atoms with E-state index in [0.717, 1.165) is 0 Å². The highest BCUT2D eigenvalue weighted by molar-refractivity contribution is 5.92. The normalized spacial score (nSPS) is 10.3. The first-order chi connectivity index (χ1) is 11.5. The average Bonchev–Trinajstić information content (AvgIpc) is 2.56. The number of rotatable bonds is 6. The fourth-order valence-corrected chi connectivity index (χ4v) is 2.08. The van der Waals surface area contributed by atoms with Crippen LogP contribution in [-0.2, 0) is 4.79 Å². The van der Waals surface area contributed by atoms with Crippen molar-refractivity contribution in [3.05, 3.63) is 54.1 Å². The molecule has 5 nitrogen and oxygen atoms in total. The van der Waals surface area contributed by atoms with E-state index in [0.29, 0.717) is 35.1 Å². The van der Waals surface area contributed by atoms with Crippen molar-refractivity contribution in [2.24, 2.45) is 5.92 Å². The molecule has 2 rings (SSSR count). The van der Waals surface area contributed by atoms with Gasteiger partial charge in [-0.25, -0.2) is 4.79 Å². The Morgan fingerprint density at radius 2 is 1.54 bits per heavy atom. The molecule has 2 aromatic carbocycles. The van der Waals surface area contributed by atoms with Crippen LogP contribution in [0.4, 0.5) is 5.69 Å². The Labute approximate surface area is 141 Å². The maximum absolute atomic E-state index is 12.1. The minimum absolute atomic E-state index is 0.0343. The molecule has 0 unspecified atom stereocenters. The minimum Gasteiger partial charge on any atom is -0.497 e. The van der Waals surface area contributed by atoms with Crippen molar-refractivity contribution in [3.63, 3.8) is 0 Å². The van der Waals surface area contributed by atoms with Gasteiger partial charge in [-0.15, -0.1) is 0 Å². The SMILES string of the molecule is COc1ccc(C(=O)Oc2ccc(NC(=O)CC(C)C)cc2)cc1. The van der Waals surface area contributed by atoms with Crippen molar-refractivity contribution >= 4 is 17.6 Å². The summed E-state index contributed by atoms with van der Waals surface area (Å²) in [6.45, 7) is 3.97. The fourth-order valence-electron chi connectivity index (χ4n) is 2.08. The van der Waals surface area contributed by atoms with Gasteiger partial charge in [0.25, 0.3) is 0 Å². The quantitative estimate of drug-likeness (QED) is 0.645. The molecule has 0 atom stereocenters. The lowest BCUT2D eigenvalue weighted by atomic mass is 10.1. The predicted molar refractivity (Wildman–Crippen MR) is 92.5 cm³/mol. The third-order valence-corrected chi connectivity index (χ3v) is 3.27.